The molecule has 0 aromatic heterocycles. The van der Waals surface area contributed by atoms with E-state index in [1.54, 1.807) is 0 Å². The van der Waals surface area contributed by atoms with E-state index in [0.29, 0.717) is 12.5 Å². The van der Waals surface area contributed by atoms with E-state index in [1.165, 1.54) is 0 Å². The molecular formula is C11H24N2O. The maximum absolute atomic E-state index is 11.3. The van der Waals surface area contributed by atoms with Crippen molar-refractivity contribution < 1.29 is 4.79 Å². The minimum atomic E-state index is 0.0839. The molecule has 0 rings (SSSR count). The van der Waals surface area contributed by atoms with Gasteiger partial charge in [-0.3, -0.25) is 4.79 Å². The van der Waals surface area contributed by atoms with Crippen molar-refractivity contribution in [2.24, 2.45) is 11.3 Å². The number of hydrogen-bond acceptors (Lipinski definition) is 2. The van der Waals surface area contributed by atoms with Crippen LogP contribution in [-0.4, -0.2) is 25.5 Å². The molecule has 2 N–H and O–H groups in total. The van der Waals surface area contributed by atoms with Gasteiger partial charge in [-0.15, -0.1) is 0 Å². The van der Waals surface area contributed by atoms with E-state index < -0.39 is 0 Å². The lowest BCUT2D eigenvalue weighted by Crippen LogP contribution is -2.39. The van der Waals surface area contributed by atoms with Crippen molar-refractivity contribution in [3.05, 3.63) is 0 Å². The first kappa shape index (κ1) is 13.4. The predicted molar refractivity (Wildman–Crippen MR) is 60.2 cm³/mol. The van der Waals surface area contributed by atoms with Crippen LogP contribution in [0.15, 0.2) is 0 Å². The molecule has 0 aliphatic rings. The average molecular weight is 200 g/mol. The number of carbonyl (C=O) groups is 1. The molecule has 84 valence electrons. The molecule has 1 amide bonds. The van der Waals surface area contributed by atoms with Crippen LogP contribution in [0.2, 0.25) is 0 Å². The highest BCUT2D eigenvalue weighted by Gasteiger charge is 2.11. The summed E-state index contributed by atoms with van der Waals surface area (Å²) in [6, 6.07) is 0. The first-order chi connectivity index (χ1) is 6.31. The smallest absolute Gasteiger partial charge is 0.233 e. The lowest BCUT2D eigenvalue weighted by molar-refractivity contribution is -0.120. The fourth-order valence-corrected chi connectivity index (χ4v) is 0.901. The topological polar surface area (TPSA) is 41.1 Å². The molecule has 0 radical (unpaired) electrons. The van der Waals surface area contributed by atoms with E-state index in [0.717, 1.165) is 13.1 Å². The maximum Gasteiger partial charge on any atom is 0.233 e. The predicted octanol–water partition coefficient (Wildman–Crippen LogP) is 1.39. The molecule has 0 bridgehead atoms. The van der Waals surface area contributed by atoms with Gasteiger partial charge in [0, 0.05) is 6.54 Å². The van der Waals surface area contributed by atoms with Gasteiger partial charge in [-0.1, -0.05) is 34.6 Å². The number of hydrogen-bond donors (Lipinski definition) is 2. The van der Waals surface area contributed by atoms with E-state index >= 15 is 0 Å². The summed E-state index contributed by atoms with van der Waals surface area (Å²) in [5, 5.41) is 6.00. The molecule has 0 spiro atoms. The van der Waals surface area contributed by atoms with Gasteiger partial charge in [-0.05, 0) is 17.9 Å². The Morgan fingerprint density at radius 2 is 1.86 bits per heavy atom. The Morgan fingerprint density at radius 3 is 2.29 bits per heavy atom. The van der Waals surface area contributed by atoms with E-state index in [1.807, 2.05) is 0 Å². The third kappa shape index (κ3) is 9.52. The Labute approximate surface area is 87.6 Å². The van der Waals surface area contributed by atoms with Crippen LogP contribution in [-0.2, 0) is 4.79 Å². The zero-order valence-electron chi connectivity index (χ0n) is 10.1. The molecular weight excluding hydrogens is 176 g/mol. The summed E-state index contributed by atoms with van der Waals surface area (Å²) < 4.78 is 0. The number of nitrogens with one attached hydrogen (secondary N) is 2. The molecule has 3 heteroatoms. The largest absolute Gasteiger partial charge is 0.354 e. The fraction of sp³-hybridized carbons (Fsp3) is 0.909. The molecule has 0 unspecified atom stereocenters. The molecule has 3 nitrogen and oxygen atoms in total. The van der Waals surface area contributed by atoms with Gasteiger partial charge in [-0.25, -0.2) is 0 Å². The van der Waals surface area contributed by atoms with Gasteiger partial charge in [0.25, 0.3) is 0 Å². The fourth-order valence-electron chi connectivity index (χ4n) is 0.901. The maximum atomic E-state index is 11.3. The van der Waals surface area contributed by atoms with E-state index in [9.17, 15) is 4.79 Å². The van der Waals surface area contributed by atoms with Crippen LogP contribution in [0.1, 0.15) is 34.6 Å². The summed E-state index contributed by atoms with van der Waals surface area (Å²) in [5.74, 6) is 0.672. The van der Waals surface area contributed by atoms with Crippen LogP contribution in [0.25, 0.3) is 0 Å². The standard InChI is InChI=1S/C11H24N2O/c1-9(2)6-12-7-10(14)13-8-11(3,4)5/h9,12H,6-8H2,1-5H3,(H,13,14). The highest BCUT2D eigenvalue weighted by Crippen LogP contribution is 2.09. The zero-order valence-corrected chi connectivity index (χ0v) is 10.1. The minimum absolute atomic E-state index is 0.0839. The van der Waals surface area contributed by atoms with Gasteiger partial charge in [-0.2, -0.15) is 0 Å². The monoisotopic (exact) mass is 200 g/mol. The van der Waals surface area contributed by atoms with Crippen LogP contribution >= 0.6 is 0 Å². The Hall–Kier alpha value is -0.570. The molecule has 0 atom stereocenters. The third-order valence-electron chi connectivity index (χ3n) is 1.65. The second-order valence-corrected chi connectivity index (χ2v) is 5.36. The van der Waals surface area contributed by atoms with Gasteiger partial charge in [0.1, 0.15) is 0 Å². The Kier molecular flexibility index (Phi) is 5.77. The summed E-state index contributed by atoms with van der Waals surface area (Å²) >= 11 is 0. The van der Waals surface area contributed by atoms with Crippen molar-refractivity contribution in [1.82, 2.24) is 10.6 Å². The molecule has 0 aliphatic heterocycles. The van der Waals surface area contributed by atoms with Crippen LogP contribution < -0.4 is 10.6 Å². The summed E-state index contributed by atoms with van der Waals surface area (Å²) in [6.07, 6.45) is 0. The Bertz CT molecular complexity index is 171. The van der Waals surface area contributed by atoms with Gasteiger partial charge < -0.3 is 10.6 Å². The van der Waals surface area contributed by atoms with Crippen LogP contribution in [0.4, 0.5) is 0 Å². The summed E-state index contributed by atoms with van der Waals surface area (Å²) in [7, 11) is 0. The van der Waals surface area contributed by atoms with Crippen molar-refractivity contribution >= 4 is 5.91 Å². The summed E-state index contributed by atoms with van der Waals surface area (Å²) in [5.41, 5.74) is 0.160. The first-order valence-corrected chi connectivity index (χ1v) is 5.28. The molecule has 0 aromatic carbocycles. The van der Waals surface area contributed by atoms with Crippen molar-refractivity contribution in [3.8, 4) is 0 Å². The zero-order chi connectivity index (χ0) is 11.2. The SMILES string of the molecule is CC(C)CNCC(=O)NCC(C)(C)C. The highest BCUT2D eigenvalue weighted by atomic mass is 16.1. The molecule has 0 saturated heterocycles. The van der Waals surface area contributed by atoms with E-state index in [2.05, 4.69) is 45.3 Å². The number of rotatable bonds is 5. The molecule has 14 heavy (non-hydrogen) atoms. The molecule has 0 saturated carbocycles. The second-order valence-electron chi connectivity index (χ2n) is 5.36. The average Bonchev–Trinajstić information content (AvgIpc) is 1.99. The van der Waals surface area contributed by atoms with E-state index in [-0.39, 0.29) is 11.3 Å². The van der Waals surface area contributed by atoms with Gasteiger partial charge in [0.05, 0.1) is 6.54 Å². The Morgan fingerprint density at radius 1 is 1.29 bits per heavy atom. The van der Waals surface area contributed by atoms with Crippen molar-refractivity contribution in [2.75, 3.05) is 19.6 Å². The lowest BCUT2D eigenvalue weighted by atomic mass is 9.97. The number of carbonyl (C=O) groups excluding carboxylic acids is 1. The lowest BCUT2D eigenvalue weighted by Gasteiger charge is -2.18. The second kappa shape index (κ2) is 6.02. The first-order valence-electron chi connectivity index (χ1n) is 5.28. The van der Waals surface area contributed by atoms with Crippen LogP contribution in [0.5, 0.6) is 0 Å². The number of amides is 1. The summed E-state index contributed by atoms with van der Waals surface area (Å²) in [6.45, 7) is 12.6. The molecule has 0 fully saturated rings. The Balaban J connectivity index is 3.47. The van der Waals surface area contributed by atoms with Gasteiger partial charge in [0.2, 0.25) is 5.91 Å². The molecule has 0 aromatic rings. The highest BCUT2D eigenvalue weighted by molar-refractivity contribution is 5.77. The van der Waals surface area contributed by atoms with Gasteiger partial charge in [0.15, 0.2) is 0 Å². The quantitative estimate of drug-likeness (QED) is 0.704. The van der Waals surface area contributed by atoms with E-state index in [4.69, 9.17) is 0 Å². The summed E-state index contributed by atoms with van der Waals surface area (Å²) in [4.78, 5) is 11.3. The van der Waals surface area contributed by atoms with Crippen molar-refractivity contribution in [2.45, 2.75) is 34.6 Å². The van der Waals surface area contributed by atoms with Crippen molar-refractivity contribution in [1.29, 1.82) is 0 Å². The molecule has 0 heterocycles. The van der Waals surface area contributed by atoms with Crippen LogP contribution in [0, 0.1) is 11.3 Å². The van der Waals surface area contributed by atoms with Crippen molar-refractivity contribution in [3.63, 3.8) is 0 Å². The normalized spacial score (nSPS) is 11.9. The van der Waals surface area contributed by atoms with Gasteiger partial charge >= 0.3 is 0 Å². The minimum Gasteiger partial charge on any atom is -0.354 e. The third-order valence-corrected chi connectivity index (χ3v) is 1.65. The molecule has 0 aliphatic carbocycles. The van der Waals surface area contributed by atoms with Crippen LogP contribution in [0.3, 0.4) is 0 Å².